The lowest BCUT2D eigenvalue weighted by molar-refractivity contribution is -0.149. The fourth-order valence-electron chi connectivity index (χ4n) is 4.80. The number of nitrogens with zero attached hydrogens (tertiary/aromatic N) is 3. The molecule has 0 aliphatic carbocycles. The molecule has 0 saturated carbocycles. The first-order valence-electron chi connectivity index (χ1n) is 13.6. The minimum atomic E-state index is -0.273. The molecule has 1 aliphatic heterocycles. The molecule has 208 valence electrons. The molecule has 0 unspecified atom stereocenters. The second-order valence-electron chi connectivity index (χ2n) is 11.2. The van der Waals surface area contributed by atoms with Gasteiger partial charge in [-0.05, 0) is 54.0 Å². The highest BCUT2D eigenvalue weighted by Crippen LogP contribution is 2.24. The van der Waals surface area contributed by atoms with Crippen LogP contribution in [0.25, 0.3) is 0 Å². The summed E-state index contributed by atoms with van der Waals surface area (Å²) < 4.78 is 24.3. The van der Waals surface area contributed by atoms with E-state index in [1.807, 2.05) is 0 Å². The van der Waals surface area contributed by atoms with Crippen molar-refractivity contribution in [2.45, 2.75) is 65.6 Å². The second-order valence-corrected chi connectivity index (χ2v) is 11.2. The molecular weight excluding hydrogens is 497 g/mol. The third-order valence-electron chi connectivity index (χ3n) is 7.08. The minimum Gasteiger partial charge on any atom is -0.466 e. The van der Waals surface area contributed by atoms with Crippen LogP contribution >= 0.6 is 0 Å². The van der Waals surface area contributed by atoms with E-state index in [0.29, 0.717) is 58.1 Å². The molecule has 1 aliphatic rings. The van der Waals surface area contributed by atoms with Gasteiger partial charge in [-0.2, -0.15) is 0 Å². The van der Waals surface area contributed by atoms with Crippen molar-refractivity contribution in [3.8, 4) is 0 Å². The van der Waals surface area contributed by atoms with E-state index in [4.69, 9.17) is 9.15 Å². The molecule has 0 N–H and O–H groups in total. The number of hydrogen-bond acceptors (Lipinski definition) is 6. The Hall–Kier alpha value is -3.52. The molecule has 2 aromatic carbocycles. The monoisotopic (exact) mass is 535 g/mol. The predicted molar refractivity (Wildman–Crippen MR) is 146 cm³/mol. The molecule has 0 bridgehead atoms. The molecule has 0 atom stereocenters. The third kappa shape index (κ3) is 7.76. The van der Waals surface area contributed by atoms with Crippen molar-refractivity contribution in [2.24, 2.45) is 5.92 Å². The highest BCUT2D eigenvalue weighted by molar-refractivity contribution is 5.92. The number of hydrogen-bond donors (Lipinski definition) is 0. The maximum absolute atomic E-state index is 13.5. The van der Waals surface area contributed by atoms with Crippen LogP contribution in [0.1, 0.15) is 73.6 Å². The number of rotatable bonds is 9. The summed E-state index contributed by atoms with van der Waals surface area (Å²) in [6.07, 6.45) is 2.56. The Bertz CT molecular complexity index is 1240. The second kappa shape index (κ2) is 12.6. The molecule has 4 rings (SSSR count). The zero-order chi connectivity index (χ0) is 28.0. The summed E-state index contributed by atoms with van der Waals surface area (Å²) in [7, 11) is 0. The molecule has 7 nitrogen and oxygen atoms in total. The average Bonchev–Trinajstić information content (AvgIpc) is 3.38. The van der Waals surface area contributed by atoms with Gasteiger partial charge < -0.3 is 14.1 Å². The highest BCUT2D eigenvalue weighted by atomic mass is 19.1. The van der Waals surface area contributed by atoms with Crippen LogP contribution in [0.15, 0.2) is 59.2 Å². The van der Waals surface area contributed by atoms with Crippen LogP contribution in [0.3, 0.4) is 0 Å². The van der Waals surface area contributed by atoms with Gasteiger partial charge in [0.25, 0.3) is 5.91 Å². The Kier molecular flexibility index (Phi) is 9.17. The number of amides is 1. The molecule has 8 heteroatoms. The summed E-state index contributed by atoms with van der Waals surface area (Å²) in [6, 6.07) is 15.0. The molecule has 39 heavy (non-hydrogen) atoms. The maximum Gasteiger partial charge on any atom is 0.309 e. The van der Waals surface area contributed by atoms with Crippen molar-refractivity contribution in [3.63, 3.8) is 0 Å². The van der Waals surface area contributed by atoms with Gasteiger partial charge in [0.1, 0.15) is 12.1 Å². The number of halogens is 1. The van der Waals surface area contributed by atoms with Crippen LogP contribution in [0.2, 0.25) is 0 Å². The van der Waals surface area contributed by atoms with Crippen molar-refractivity contribution in [1.82, 2.24) is 14.8 Å². The zero-order valence-corrected chi connectivity index (χ0v) is 23.3. The van der Waals surface area contributed by atoms with E-state index in [-0.39, 0.29) is 34.7 Å². The summed E-state index contributed by atoms with van der Waals surface area (Å²) in [6.45, 7) is 11.3. The molecule has 1 fully saturated rings. The van der Waals surface area contributed by atoms with E-state index in [2.05, 4.69) is 54.9 Å². The SMILES string of the molecule is CCOC(=O)C1CCN(C(=O)c2coc(CN(Cc3ccc(F)cc3)Cc3ccc(C(C)(C)C)cc3)n2)CC1. The van der Waals surface area contributed by atoms with E-state index in [1.54, 1.807) is 24.0 Å². The minimum absolute atomic E-state index is 0.0709. The van der Waals surface area contributed by atoms with Gasteiger partial charge >= 0.3 is 5.97 Å². The molecule has 1 saturated heterocycles. The molecule has 0 spiro atoms. The number of piperidine rings is 1. The van der Waals surface area contributed by atoms with Crippen LogP contribution in [0, 0.1) is 11.7 Å². The van der Waals surface area contributed by atoms with E-state index in [9.17, 15) is 14.0 Å². The van der Waals surface area contributed by atoms with Gasteiger partial charge in [-0.3, -0.25) is 14.5 Å². The number of aromatic nitrogens is 1. The van der Waals surface area contributed by atoms with E-state index >= 15 is 0 Å². The van der Waals surface area contributed by atoms with Crippen molar-refractivity contribution in [2.75, 3.05) is 19.7 Å². The molecule has 1 aromatic heterocycles. The predicted octanol–water partition coefficient (Wildman–Crippen LogP) is 5.73. The molecular formula is C31H38FN3O4. The normalized spacial score (nSPS) is 14.6. The molecule has 3 aromatic rings. The Balaban J connectivity index is 1.43. The van der Waals surface area contributed by atoms with Crippen molar-refractivity contribution >= 4 is 11.9 Å². The average molecular weight is 536 g/mol. The van der Waals surface area contributed by atoms with Crippen LogP contribution < -0.4 is 0 Å². The van der Waals surface area contributed by atoms with Crippen LogP contribution in [-0.4, -0.2) is 46.4 Å². The summed E-state index contributed by atoms with van der Waals surface area (Å²) in [5, 5.41) is 0. The number of esters is 1. The number of oxazole rings is 1. The van der Waals surface area contributed by atoms with Crippen LogP contribution in [0.4, 0.5) is 4.39 Å². The zero-order valence-electron chi connectivity index (χ0n) is 23.3. The van der Waals surface area contributed by atoms with Gasteiger partial charge in [-0.1, -0.05) is 57.2 Å². The lowest BCUT2D eigenvalue weighted by Crippen LogP contribution is -2.40. The Labute approximate surface area is 230 Å². The molecule has 0 radical (unpaired) electrons. The number of carbonyl (C=O) groups excluding carboxylic acids is 2. The van der Waals surface area contributed by atoms with Gasteiger partial charge in [-0.25, -0.2) is 9.37 Å². The summed E-state index contributed by atoms with van der Waals surface area (Å²) in [5.41, 5.74) is 3.70. The van der Waals surface area contributed by atoms with Gasteiger partial charge in [-0.15, -0.1) is 0 Å². The quantitative estimate of drug-likeness (QED) is 0.326. The van der Waals surface area contributed by atoms with E-state index in [1.165, 1.54) is 24.0 Å². The molecule has 2 heterocycles. The first kappa shape index (κ1) is 28.5. The first-order valence-corrected chi connectivity index (χ1v) is 13.6. The van der Waals surface area contributed by atoms with E-state index in [0.717, 1.165) is 11.1 Å². The first-order chi connectivity index (χ1) is 18.6. The number of benzene rings is 2. The fraction of sp³-hybridized carbons (Fsp3) is 0.452. The maximum atomic E-state index is 13.5. The lowest BCUT2D eigenvalue weighted by Gasteiger charge is -2.30. The van der Waals surface area contributed by atoms with Gasteiger partial charge in [0.15, 0.2) is 5.69 Å². The fourth-order valence-corrected chi connectivity index (χ4v) is 4.80. The largest absolute Gasteiger partial charge is 0.466 e. The number of likely N-dealkylation sites (tertiary alicyclic amines) is 1. The Morgan fingerprint density at radius 2 is 1.59 bits per heavy atom. The van der Waals surface area contributed by atoms with Gasteiger partial charge in [0, 0.05) is 26.2 Å². The summed E-state index contributed by atoms with van der Waals surface area (Å²) in [5.74, 6) is -0.393. The van der Waals surface area contributed by atoms with Crippen LogP contribution in [-0.2, 0) is 34.6 Å². The summed E-state index contributed by atoms with van der Waals surface area (Å²) >= 11 is 0. The standard InChI is InChI=1S/C31H38FN3O4/c1-5-38-30(37)24-14-16-35(17-15-24)29(36)27-21-39-28(33-27)20-34(19-23-8-12-26(32)13-9-23)18-22-6-10-25(11-7-22)31(2,3)4/h6-13,21,24H,5,14-20H2,1-4H3. The van der Waals surface area contributed by atoms with Crippen molar-refractivity contribution in [3.05, 3.63) is 88.9 Å². The van der Waals surface area contributed by atoms with Gasteiger partial charge in [0.05, 0.1) is 19.1 Å². The summed E-state index contributed by atoms with van der Waals surface area (Å²) in [4.78, 5) is 33.5. The topological polar surface area (TPSA) is 75.9 Å². The number of carbonyl (C=O) groups is 2. The Morgan fingerprint density at radius 1 is 1.00 bits per heavy atom. The van der Waals surface area contributed by atoms with Gasteiger partial charge in [0.2, 0.25) is 5.89 Å². The van der Waals surface area contributed by atoms with Crippen molar-refractivity contribution in [1.29, 1.82) is 0 Å². The molecule has 1 amide bonds. The smallest absolute Gasteiger partial charge is 0.309 e. The van der Waals surface area contributed by atoms with E-state index < -0.39 is 0 Å². The Morgan fingerprint density at radius 3 is 2.15 bits per heavy atom. The van der Waals surface area contributed by atoms with Crippen LogP contribution in [0.5, 0.6) is 0 Å². The third-order valence-corrected chi connectivity index (χ3v) is 7.08. The highest BCUT2D eigenvalue weighted by Gasteiger charge is 2.30. The number of ether oxygens (including phenoxy) is 1. The van der Waals surface area contributed by atoms with Crippen molar-refractivity contribution < 1.29 is 23.1 Å². The lowest BCUT2D eigenvalue weighted by atomic mass is 9.87.